The van der Waals surface area contributed by atoms with Gasteiger partial charge in [0.1, 0.15) is 0 Å². The SMILES string of the molecule is Cc1c(C(=O)NC(C)(CO)c2cccc(C(F)(F)F)c2)nn2c1CCCC2. The second-order valence-electron chi connectivity index (χ2n) is 7.12. The van der Waals surface area contributed by atoms with Gasteiger partial charge in [0.15, 0.2) is 5.69 Å². The largest absolute Gasteiger partial charge is 0.416 e. The molecule has 0 saturated heterocycles. The van der Waals surface area contributed by atoms with Crippen LogP contribution in [0.4, 0.5) is 13.2 Å². The first-order valence-corrected chi connectivity index (χ1v) is 8.83. The van der Waals surface area contributed by atoms with E-state index >= 15 is 0 Å². The highest BCUT2D eigenvalue weighted by atomic mass is 19.4. The molecular weight excluding hydrogens is 359 g/mol. The lowest BCUT2D eigenvalue weighted by Crippen LogP contribution is -2.46. The fourth-order valence-corrected chi connectivity index (χ4v) is 3.41. The Morgan fingerprint density at radius 3 is 2.63 bits per heavy atom. The summed E-state index contributed by atoms with van der Waals surface area (Å²) in [5, 5.41) is 16.9. The van der Waals surface area contributed by atoms with Crippen LogP contribution in [0.25, 0.3) is 0 Å². The van der Waals surface area contributed by atoms with E-state index in [2.05, 4.69) is 10.4 Å². The molecule has 0 bridgehead atoms. The maximum Gasteiger partial charge on any atom is 0.416 e. The quantitative estimate of drug-likeness (QED) is 0.855. The zero-order valence-corrected chi connectivity index (χ0v) is 15.2. The van der Waals surface area contributed by atoms with Gasteiger partial charge in [-0.2, -0.15) is 18.3 Å². The van der Waals surface area contributed by atoms with Crippen LogP contribution in [0, 0.1) is 6.92 Å². The molecule has 3 rings (SSSR count). The van der Waals surface area contributed by atoms with Crippen molar-refractivity contribution in [2.45, 2.75) is 51.4 Å². The Labute approximate surface area is 155 Å². The van der Waals surface area contributed by atoms with E-state index in [0.717, 1.165) is 49.2 Å². The third-order valence-corrected chi connectivity index (χ3v) is 5.10. The first-order valence-electron chi connectivity index (χ1n) is 8.83. The Morgan fingerprint density at radius 1 is 1.30 bits per heavy atom. The molecule has 1 aliphatic heterocycles. The van der Waals surface area contributed by atoms with Gasteiger partial charge in [0.05, 0.1) is 17.7 Å². The molecule has 1 aromatic heterocycles. The van der Waals surface area contributed by atoms with E-state index in [0.29, 0.717) is 0 Å². The van der Waals surface area contributed by atoms with Gasteiger partial charge in [0.25, 0.3) is 5.91 Å². The lowest BCUT2D eigenvalue weighted by atomic mass is 9.91. The van der Waals surface area contributed by atoms with Crippen LogP contribution in [0.2, 0.25) is 0 Å². The second kappa shape index (κ2) is 6.99. The number of aliphatic hydroxyl groups is 1. The number of carbonyl (C=O) groups excluding carboxylic acids is 1. The molecule has 1 amide bonds. The van der Waals surface area contributed by atoms with Gasteiger partial charge in [-0.1, -0.05) is 12.1 Å². The molecular formula is C19H22F3N3O2. The van der Waals surface area contributed by atoms with Crippen LogP contribution < -0.4 is 5.32 Å². The molecule has 146 valence electrons. The highest BCUT2D eigenvalue weighted by Crippen LogP contribution is 2.32. The number of nitrogens with one attached hydrogen (secondary N) is 1. The number of fused-ring (bicyclic) bond motifs is 1. The summed E-state index contributed by atoms with van der Waals surface area (Å²) in [6.45, 7) is 3.51. The van der Waals surface area contributed by atoms with E-state index < -0.39 is 29.8 Å². The number of rotatable bonds is 4. The maximum atomic E-state index is 13.0. The number of aliphatic hydroxyl groups excluding tert-OH is 1. The third-order valence-electron chi connectivity index (χ3n) is 5.10. The van der Waals surface area contributed by atoms with Crippen molar-refractivity contribution in [1.82, 2.24) is 15.1 Å². The van der Waals surface area contributed by atoms with Crippen molar-refractivity contribution < 1.29 is 23.1 Å². The fraction of sp³-hybridized carbons (Fsp3) is 0.474. The summed E-state index contributed by atoms with van der Waals surface area (Å²) in [4.78, 5) is 12.8. The first kappa shape index (κ1) is 19.4. The molecule has 1 aromatic carbocycles. The summed E-state index contributed by atoms with van der Waals surface area (Å²) in [6.07, 6.45) is -1.63. The van der Waals surface area contributed by atoms with Crippen LogP contribution in [0.1, 0.15) is 52.6 Å². The number of amides is 1. The van der Waals surface area contributed by atoms with Crippen molar-refractivity contribution in [3.8, 4) is 0 Å². The zero-order valence-electron chi connectivity index (χ0n) is 15.2. The minimum Gasteiger partial charge on any atom is -0.394 e. The van der Waals surface area contributed by atoms with Crippen LogP contribution in [0.15, 0.2) is 24.3 Å². The van der Waals surface area contributed by atoms with Crippen molar-refractivity contribution in [2.24, 2.45) is 0 Å². The molecule has 0 radical (unpaired) electrons. The van der Waals surface area contributed by atoms with E-state index in [9.17, 15) is 23.1 Å². The monoisotopic (exact) mass is 381 g/mol. The molecule has 1 aliphatic rings. The lowest BCUT2D eigenvalue weighted by molar-refractivity contribution is -0.137. The number of halogens is 3. The zero-order chi connectivity index (χ0) is 19.8. The van der Waals surface area contributed by atoms with Crippen LogP contribution in [-0.4, -0.2) is 27.4 Å². The van der Waals surface area contributed by atoms with Crippen molar-refractivity contribution in [2.75, 3.05) is 6.61 Å². The Balaban J connectivity index is 1.90. The van der Waals surface area contributed by atoms with Crippen LogP contribution >= 0.6 is 0 Å². The Kier molecular flexibility index (Phi) is 5.03. The van der Waals surface area contributed by atoms with Crippen molar-refractivity contribution >= 4 is 5.91 Å². The van der Waals surface area contributed by atoms with Gasteiger partial charge in [-0.25, -0.2) is 0 Å². The van der Waals surface area contributed by atoms with Crippen molar-refractivity contribution in [1.29, 1.82) is 0 Å². The normalized spacial score (nSPS) is 16.5. The maximum absolute atomic E-state index is 13.0. The average molecular weight is 381 g/mol. The summed E-state index contributed by atoms with van der Waals surface area (Å²) in [7, 11) is 0. The number of benzene rings is 1. The van der Waals surface area contributed by atoms with Gasteiger partial charge in [0, 0.05) is 17.8 Å². The first-order chi connectivity index (χ1) is 12.7. The number of hydrogen-bond donors (Lipinski definition) is 2. The Morgan fingerprint density at radius 2 is 2.00 bits per heavy atom. The summed E-state index contributed by atoms with van der Waals surface area (Å²) < 4.78 is 40.8. The molecule has 0 saturated carbocycles. The summed E-state index contributed by atoms with van der Waals surface area (Å²) in [5.74, 6) is -0.511. The Hall–Kier alpha value is -2.35. The van der Waals surface area contributed by atoms with Gasteiger partial charge in [-0.15, -0.1) is 0 Å². The molecule has 5 nitrogen and oxygen atoms in total. The summed E-state index contributed by atoms with van der Waals surface area (Å²) in [5.41, 5.74) is 0.0122. The minimum atomic E-state index is -4.50. The summed E-state index contributed by atoms with van der Waals surface area (Å²) >= 11 is 0. The van der Waals surface area contributed by atoms with Gasteiger partial charge in [0.2, 0.25) is 0 Å². The highest BCUT2D eigenvalue weighted by Gasteiger charge is 2.35. The molecule has 1 atom stereocenters. The lowest BCUT2D eigenvalue weighted by Gasteiger charge is -2.29. The number of aromatic nitrogens is 2. The fourth-order valence-electron chi connectivity index (χ4n) is 3.41. The molecule has 0 spiro atoms. The molecule has 2 aromatic rings. The predicted molar refractivity (Wildman–Crippen MR) is 93.3 cm³/mol. The number of carbonyl (C=O) groups is 1. The topological polar surface area (TPSA) is 67.2 Å². The molecule has 8 heteroatoms. The van der Waals surface area contributed by atoms with E-state index in [1.165, 1.54) is 19.1 Å². The van der Waals surface area contributed by atoms with Gasteiger partial charge < -0.3 is 10.4 Å². The minimum absolute atomic E-state index is 0.176. The Bertz CT molecular complexity index is 860. The van der Waals surface area contributed by atoms with Gasteiger partial charge >= 0.3 is 6.18 Å². The van der Waals surface area contributed by atoms with E-state index in [1.807, 2.05) is 11.6 Å². The molecule has 0 aliphatic carbocycles. The predicted octanol–water partition coefficient (Wildman–Crippen LogP) is 3.18. The van der Waals surface area contributed by atoms with E-state index in [4.69, 9.17) is 0 Å². The standard InChI is InChI=1S/C19H22F3N3O2/c1-12-15-8-3-4-9-25(15)24-16(12)17(27)23-18(2,11-26)13-6-5-7-14(10-13)19(20,21)22/h5-7,10,26H,3-4,8-9,11H2,1-2H3,(H,23,27). The molecule has 27 heavy (non-hydrogen) atoms. The molecule has 2 N–H and O–H groups in total. The number of alkyl halides is 3. The van der Waals surface area contributed by atoms with Crippen LogP contribution in [0.3, 0.4) is 0 Å². The van der Waals surface area contributed by atoms with E-state index in [1.54, 1.807) is 0 Å². The van der Waals surface area contributed by atoms with Crippen LogP contribution in [-0.2, 0) is 24.7 Å². The molecule has 1 unspecified atom stereocenters. The number of nitrogens with zero attached hydrogens (tertiary/aromatic N) is 2. The van der Waals surface area contributed by atoms with Gasteiger partial charge in [-0.05, 0) is 50.8 Å². The van der Waals surface area contributed by atoms with Gasteiger partial charge in [-0.3, -0.25) is 9.48 Å². The number of aryl methyl sites for hydroxylation is 1. The molecule has 0 fully saturated rings. The van der Waals surface area contributed by atoms with E-state index in [-0.39, 0.29) is 11.3 Å². The smallest absolute Gasteiger partial charge is 0.394 e. The second-order valence-corrected chi connectivity index (χ2v) is 7.12. The third kappa shape index (κ3) is 3.71. The summed E-state index contributed by atoms with van der Waals surface area (Å²) in [6, 6.07) is 4.62. The van der Waals surface area contributed by atoms with Crippen LogP contribution in [0.5, 0.6) is 0 Å². The molecule has 2 heterocycles. The van der Waals surface area contributed by atoms with Crippen molar-refractivity contribution in [3.63, 3.8) is 0 Å². The number of hydrogen-bond acceptors (Lipinski definition) is 3. The average Bonchev–Trinajstić information content (AvgIpc) is 2.98. The van der Waals surface area contributed by atoms with Crippen molar-refractivity contribution in [3.05, 3.63) is 52.3 Å². The highest BCUT2D eigenvalue weighted by molar-refractivity contribution is 5.94.